The average molecular weight is 723 g/mol. The molecule has 3 aromatic rings. The van der Waals surface area contributed by atoms with Crippen LogP contribution in [0, 0.1) is 29.5 Å². The molecule has 2 N–H and O–H groups in total. The van der Waals surface area contributed by atoms with Crippen molar-refractivity contribution < 1.29 is 33.4 Å². The molecule has 9 nitrogen and oxygen atoms in total. The number of methoxy groups -OCH3 is 1. The van der Waals surface area contributed by atoms with Crippen LogP contribution in [0.15, 0.2) is 76.8 Å². The summed E-state index contributed by atoms with van der Waals surface area (Å²) < 4.78 is 19.6. The van der Waals surface area contributed by atoms with Gasteiger partial charge in [-0.1, -0.05) is 35.4 Å². The monoisotopic (exact) mass is 721 g/mol. The maximum absolute atomic E-state index is 15.1. The van der Waals surface area contributed by atoms with Gasteiger partial charge >= 0.3 is 0 Å². The largest absolute Gasteiger partial charge is 0.503 e. The molecule has 1 saturated carbocycles. The number of carbonyl (C=O) groups is 4. The lowest BCUT2D eigenvalue weighted by Crippen LogP contribution is -2.53. The second-order valence-corrected chi connectivity index (χ2v) is 13.6. The fraction of sp³-hybridized carbons (Fsp3) is 0.314. The second-order valence-electron chi connectivity index (χ2n) is 12.3. The summed E-state index contributed by atoms with van der Waals surface area (Å²) in [5.74, 6) is -5.64. The molecule has 0 aromatic heterocycles. The van der Waals surface area contributed by atoms with E-state index in [9.17, 15) is 23.9 Å². The number of phenols is 1. The van der Waals surface area contributed by atoms with Crippen LogP contribution in [0.3, 0.4) is 0 Å². The lowest BCUT2D eigenvalue weighted by atomic mass is 9.49. The minimum Gasteiger partial charge on any atom is -0.503 e. The van der Waals surface area contributed by atoms with Gasteiger partial charge in [0.05, 0.1) is 40.4 Å². The minimum absolute atomic E-state index is 0.130. The van der Waals surface area contributed by atoms with Gasteiger partial charge in [0.25, 0.3) is 11.8 Å². The van der Waals surface area contributed by atoms with Crippen LogP contribution in [0.5, 0.6) is 11.5 Å². The Kier molecular flexibility index (Phi) is 7.67. The smallest absolute Gasteiger partial charge is 0.260 e. The number of halogens is 3. The molecule has 47 heavy (non-hydrogen) atoms. The van der Waals surface area contributed by atoms with Crippen molar-refractivity contribution in [2.75, 3.05) is 19.1 Å². The van der Waals surface area contributed by atoms with Gasteiger partial charge in [-0.3, -0.25) is 29.5 Å². The normalized spacial score (nSPS) is 28.2. The van der Waals surface area contributed by atoms with Crippen molar-refractivity contribution in [3.63, 3.8) is 0 Å². The fourth-order valence-electron chi connectivity index (χ4n) is 8.32. The van der Waals surface area contributed by atoms with Gasteiger partial charge in [0.2, 0.25) is 11.8 Å². The maximum atomic E-state index is 15.1. The Balaban J connectivity index is 1.49. The Hall–Kier alpha value is -4.22. The number of hydrogen-bond acceptors (Lipinski definition) is 7. The standard InChI is InChI=1S/C35H30BrClFN3O6/c1-3-40-31(43)23-13-12-22-24(28(23)33(40)45)16-25-32(44)41(39-21-10-8-20(38)9-11-21)34(46)35(25,18-4-6-19(37)7-5-18)29(22)17-14-26(36)30(42)27(15-17)47-2/h4-12,14-15,23-25,28-29,39,42H,3,13,16H2,1-2H3/t23-,24+,25-,28-,29-,35+/m0/s1. The third-order valence-electron chi connectivity index (χ3n) is 10.3. The van der Waals surface area contributed by atoms with E-state index in [4.69, 9.17) is 16.3 Å². The molecule has 2 saturated heterocycles. The second kappa shape index (κ2) is 11.5. The molecule has 4 amide bonds. The van der Waals surface area contributed by atoms with E-state index < -0.39 is 52.6 Å². The van der Waals surface area contributed by atoms with Crippen molar-refractivity contribution in [1.82, 2.24) is 9.91 Å². The van der Waals surface area contributed by atoms with Crippen molar-refractivity contribution in [3.05, 3.63) is 98.8 Å². The number of imide groups is 2. The summed E-state index contributed by atoms with van der Waals surface area (Å²) in [6, 6.07) is 15.4. The SMILES string of the molecule is CCN1C(=O)[C@H]2[C@H](CC=C3[C@H]2C[C@H]2C(=O)N(Nc4ccc(F)cc4)C(=O)[C@@]2(c2ccc(Cl)cc2)[C@H]3c2cc(Br)c(O)c(OC)c2)C1=O. The number of likely N-dealkylation sites (tertiary alicyclic amines) is 1. The zero-order valence-electron chi connectivity index (χ0n) is 25.4. The molecule has 7 rings (SSSR count). The molecule has 4 aliphatic rings. The number of anilines is 1. The number of allylic oxidation sites excluding steroid dienone is 2. The highest BCUT2D eigenvalue weighted by atomic mass is 79.9. The van der Waals surface area contributed by atoms with Crippen LogP contribution >= 0.6 is 27.5 Å². The van der Waals surface area contributed by atoms with Gasteiger partial charge < -0.3 is 9.84 Å². The lowest BCUT2D eigenvalue weighted by molar-refractivity contribution is -0.141. The highest BCUT2D eigenvalue weighted by molar-refractivity contribution is 9.10. The molecule has 3 aromatic carbocycles. The molecule has 0 radical (unpaired) electrons. The summed E-state index contributed by atoms with van der Waals surface area (Å²) in [6.07, 6.45) is 2.38. The number of hydrogen-bond donors (Lipinski definition) is 2. The summed E-state index contributed by atoms with van der Waals surface area (Å²) in [4.78, 5) is 58.2. The van der Waals surface area contributed by atoms with Gasteiger partial charge in [-0.15, -0.1) is 0 Å². The van der Waals surface area contributed by atoms with Crippen molar-refractivity contribution in [2.45, 2.75) is 31.1 Å². The molecular weight excluding hydrogens is 693 g/mol. The van der Waals surface area contributed by atoms with Gasteiger partial charge in [0.15, 0.2) is 11.5 Å². The molecule has 0 bridgehead atoms. The van der Waals surface area contributed by atoms with Gasteiger partial charge in [-0.05, 0) is 101 Å². The molecule has 242 valence electrons. The van der Waals surface area contributed by atoms with Crippen LogP contribution in [-0.4, -0.2) is 52.3 Å². The van der Waals surface area contributed by atoms with Crippen molar-refractivity contribution in [2.24, 2.45) is 23.7 Å². The van der Waals surface area contributed by atoms with E-state index in [0.717, 1.165) is 10.6 Å². The van der Waals surface area contributed by atoms with E-state index >= 15 is 4.79 Å². The van der Waals surface area contributed by atoms with Gasteiger partial charge in [-0.2, -0.15) is 5.01 Å². The highest BCUT2D eigenvalue weighted by Gasteiger charge is 2.70. The Bertz CT molecular complexity index is 1870. The quantitative estimate of drug-likeness (QED) is 0.238. The first-order valence-electron chi connectivity index (χ1n) is 15.3. The summed E-state index contributed by atoms with van der Waals surface area (Å²) in [7, 11) is 1.41. The third-order valence-corrected chi connectivity index (χ3v) is 11.1. The van der Waals surface area contributed by atoms with Crippen LogP contribution in [0.1, 0.15) is 36.8 Å². The number of benzene rings is 3. The first-order chi connectivity index (χ1) is 22.5. The highest BCUT2D eigenvalue weighted by Crippen LogP contribution is 2.64. The summed E-state index contributed by atoms with van der Waals surface area (Å²) in [5, 5.41) is 12.2. The van der Waals surface area contributed by atoms with Gasteiger partial charge in [0.1, 0.15) is 5.82 Å². The number of hydrazine groups is 1. The van der Waals surface area contributed by atoms with Crippen LogP contribution in [0.4, 0.5) is 10.1 Å². The van der Waals surface area contributed by atoms with Crippen LogP contribution in [-0.2, 0) is 24.6 Å². The predicted molar refractivity (Wildman–Crippen MR) is 174 cm³/mol. The first kappa shape index (κ1) is 31.4. The molecule has 6 atom stereocenters. The minimum atomic E-state index is -1.54. The topological polar surface area (TPSA) is 116 Å². The van der Waals surface area contributed by atoms with E-state index in [1.165, 1.54) is 36.3 Å². The third kappa shape index (κ3) is 4.53. The summed E-state index contributed by atoms with van der Waals surface area (Å²) >= 11 is 9.76. The van der Waals surface area contributed by atoms with E-state index in [0.29, 0.717) is 32.7 Å². The first-order valence-corrected chi connectivity index (χ1v) is 16.5. The zero-order chi connectivity index (χ0) is 33.4. The number of rotatable bonds is 6. The van der Waals surface area contributed by atoms with E-state index in [-0.39, 0.29) is 36.3 Å². The number of ether oxygens (including phenoxy) is 1. The number of nitrogens with zero attached hydrogens (tertiary/aromatic N) is 2. The summed E-state index contributed by atoms with van der Waals surface area (Å²) in [5.41, 5.74) is 3.58. The molecular formula is C35H30BrClFN3O6. The molecule has 2 heterocycles. The molecule has 0 spiro atoms. The maximum Gasteiger partial charge on any atom is 0.260 e. The Morgan fingerprint density at radius 1 is 1.02 bits per heavy atom. The van der Waals surface area contributed by atoms with Crippen molar-refractivity contribution in [3.8, 4) is 11.5 Å². The average Bonchev–Trinajstić information content (AvgIpc) is 3.44. The van der Waals surface area contributed by atoms with E-state index in [1.54, 1.807) is 43.3 Å². The van der Waals surface area contributed by atoms with Crippen LogP contribution in [0.25, 0.3) is 0 Å². The Morgan fingerprint density at radius 2 is 1.72 bits per heavy atom. The molecule has 12 heteroatoms. The number of phenolic OH excluding ortho intramolecular Hbond substituents is 1. The molecule has 3 fully saturated rings. The van der Waals surface area contributed by atoms with E-state index in [1.807, 2.05) is 6.08 Å². The lowest BCUT2D eigenvalue weighted by Gasteiger charge is -2.50. The molecule has 0 unspecified atom stereocenters. The number of fused-ring (bicyclic) bond motifs is 4. The Morgan fingerprint density at radius 3 is 2.38 bits per heavy atom. The van der Waals surface area contributed by atoms with E-state index in [2.05, 4.69) is 21.4 Å². The fourth-order valence-corrected chi connectivity index (χ4v) is 8.91. The zero-order valence-corrected chi connectivity index (χ0v) is 27.7. The summed E-state index contributed by atoms with van der Waals surface area (Å²) in [6.45, 7) is 2.00. The predicted octanol–water partition coefficient (Wildman–Crippen LogP) is 5.96. The number of nitrogens with one attached hydrogen (secondary N) is 1. The Labute approximate surface area is 283 Å². The van der Waals surface area contributed by atoms with Crippen LogP contribution in [0.2, 0.25) is 5.02 Å². The number of aromatic hydroxyl groups is 1. The number of amides is 4. The van der Waals surface area contributed by atoms with Crippen molar-refractivity contribution in [1.29, 1.82) is 0 Å². The van der Waals surface area contributed by atoms with Crippen LogP contribution < -0.4 is 10.2 Å². The number of carbonyl (C=O) groups excluding carboxylic acids is 4. The van der Waals surface area contributed by atoms with Gasteiger partial charge in [0, 0.05) is 17.5 Å². The van der Waals surface area contributed by atoms with Gasteiger partial charge in [-0.25, -0.2) is 4.39 Å². The van der Waals surface area contributed by atoms with Crippen molar-refractivity contribution >= 4 is 56.8 Å². The molecule has 2 aliphatic carbocycles. The molecule has 2 aliphatic heterocycles.